The van der Waals surface area contributed by atoms with Crippen LogP contribution in [0.3, 0.4) is 0 Å². The van der Waals surface area contributed by atoms with Crippen LogP contribution in [0.15, 0.2) is 47.3 Å². The zero-order chi connectivity index (χ0) is 24.1. The summed E-state index contributed by atoms with van der Waals surface area (Å²) in [6, 6.07) is 13.8. The van der Waals surface area contributed by atoms with Gasteiger partial charge in [0.25, 0.3) is 5.56 Å². The SMILES string of the molecule is Cn1c(=O)c(Nc2ccc(N3CCOCC3)cc2)nc2ccc(B3OC(C)(C)C(C)(C)O3)cc21. The summed E-state index contributed by atoms with van der Waals surface area (Å²) in [4.78, 5) is 20.0. The molecule has 0 amide bonds. The molecule has 0 atom stereocenters. The molecule has 3 heterocycles. The Labute approximate surface area is 200 Å². The molecule has 8 nitrogen and oxygen atoms in total. The van der Waals surface area contributed by atoms with Crippen molar-refractivity contribution in [3.63, 3.8) is 0 Å². The second-order valence-corrected chi connectivity index (χ2v) is 9.93. The Bertz CT molecular complexity index is 1250. The standard InChI is InChI=1S/C25H31BN4O4/c1-24(2)25(3,4)34-26(33-24)17-6-11-20-21(16-17)29(5)23(31)22(28-20)27-18-7-9-19(10-8-18)30-12-14-32-15-13-30/h6-11,16H,12-15H2,1-5H3,(H,27,28). The van der Waals surface area contributed by atoms with Crippen LogP contribution in [0.25, 0.3) is 11.0 Å². The highest BCUT2D eigenvalue weighted by Crippen LogP contribution is 2.36. The molecule has 178 valence electrons. The number of nitrogens with one attached hydrogen (secondary N) is 1. The topological polar surface area (TPSA) is 77.9 Å². The van der Waals surface area contributed by atoms with Crippen LogP contribution >= 0.6 is 0 Å². The minimum absolute atomic E-state index is 0.198. The molecule has 2 saturated heterocycles. The van der Waals surface area contributed by atoms with Crippen molar-refractivity contribution in [2.45, 2.75) is 38.9 Å². The quantitative estimate of drug-likeness (QED) is 0.598. The Balaban J connectivity index is 1.40. The first kappa shape index (κ1) is 22.9. The Morgan fingerprint density at radius 3 is 2.26 bits per heavy atom. The summed E-state index contributed by atoms with van der Waals surface area (Å²) in [5.74, 6) is 0.289. The molecule has 0 unspecified atom stereocenters. The third-order valence-corrected chi connectivity index (χ3v) is 7.13. The summed E-state index contributed by atoms with van der Waals surface area (Å²) in [7, 11) is 1.26. The normalized spacial score (nSPS) is 19.6. The summed E-state index contributed by atoms with van der Waals surface area (Å²) >= 11 is 0. The van der Waals surface area contributed by atoms with Crippen molar-refractivity contribution < 1.29 is 14.0 Å². The number of nitrogens with zero attached hydrogens (tertiary/aromatic N) is 3. The van der Waals surface area contributed by atoms with Crippen LogP contribution in [0.1, 0.15) is 27.7 Å². The third-order valence-electron chi connectivity index (χ3n) is 7.13. The van der Waals surface area contributed by atoms with Gasteiger partial charge in [-0.25, -0.2) is 4.98 Å². The van der Waals surface area contributed by atoms with E-state index in [0.717, 1.165) is 54.2 Å². The van der Waals surface area contributed by atoms with Crippen LogP contribution in [-0.2, 0) is 21.1 Å². The average molecular weight is 462 g/mol. The highest BCUT2D eigenvalue weighted by Gasteiger charge is 2.51. The fourth-order valence-corrected chi connectivity index (χ4v) is 4.26. The lowest BCUT2D eigenvalue weighted by molar-refractivity contribution is 0.00578. The molecule has 34 heavy (non-hydrogen) atoms. The molecular formula is C25H31BN4O4. The molecule has 1 aromatic heterocycles. The highest BCUT2D eigenvalue weighted by molar-refractivity contribution is 6.62. The van der Waals surface area contributed by atoms with Gasteiger partial charge >= 0.3 is 7.12 Å². The number of benzene rings is 2. The van der Waals surface area contributed by atoms with Crippen LogP contribution in [0.4, 0.5) is 17.2 Å². The number of rotatable bonds is 4. The lowest BCUT2D eigenvalue weighted by atomic mass is 9.79. The minimum atomic E-state index is -0.493. The maximum absolute atomic E-state index is 13.1. The molecule has 0 saturated carbocycles. The summed E-state index contributed by atoms with van der Waals surface area (Å²) in [6.45, 7) is 11.3. The summed E-state index contributed by atoms with van der Waals surface area (Å²) in [5, 5.41) is 3.19. The molecule has 5 rings (SSSR count). The van der Waals surface area contributed by atoms with Crippen molar-refractivity contribution in [3.05, 3.63) is 52.8 Å². The zero-order valence-electron chi connectivity index (χ0n) is 20.4. The molecule has 1 N–H and O–H groups in total. The number of ether oxygens (including phenoxy) is 1. The lowest BCUT2D eigenvalue weighted by Crippen LogP contribution is -2.41. The fraction of sp³-hybridized carbons (Fsp3) is 0.440. The van der Waals surface area contributed by atoms with Crippen molar-refractivity contribution in [1.82, 2.24) is 9.55 Å². The number of hydrogen-bond donors (Lipinski definition) is 1. The largest absolute Gasteiger partial charge is 0.494 e. The van der Waals surface area contributed by atoms with Crippen molar-refractivity contribution in [2.24, 2.45) is 7.05 Å². The van der Waals surface area contributed by atoms with Gasteiger partial charge in [-0.2, -0.15) is 0 Å². The molecule has 0 radical (unpaired) electrons. The first-order valence-corrected chi connectivity index (χ1v) is 11.7. The van der Waals surface area contributed by atoms with Gasteiger partial charge in [-0.05, 0) is 69.6 Å². The van der Waals surface area contributed by atoms with Crippen LogP contribution in [-0.4, -0.2) is 54.2 Å². The molecule has 0 bridgehead atoms. The van der Waals surface area contributed by atoms with Gasteiger partial charge in [0.2, 0.25) is 0 Å². The smallest absolute Gasteiger partial charge is 0.399 e. The van der Waals surface area contributed by atoms with E-state index >= 15 is 0 Å². The monoisotopic (exact) mass is 462 g/mol. The van der Waals surface area contributed by atoms with Crippen molar-refractivity contribution in [3.8, 4) is 0 Å². The van der Waals surface area contributed by atoms with E-state index in [1.165, 1.54) is 0 Å². The lowest BCUT2D eigenvalue weighted by Gasteiger charge is -2.32. The molecular weight excluding hydrogens is 431 g/mol. The Morgan fingerprint density at radius 1 is 0.971 bits per heavy atom. The van der Waals surface area contributed by atoms with E-state index in [-0.39, 0.29) is 11.4 Å². The van der Waals surface area contributed by atoms with Gasteiger partial charge in [0.05, 0.1) is 35.4 Å². The Morgan fingerprint density at radius 2 is 1.62 bits per heavy atom. The average Bonchev–Trinajstić information content (AvgIpc) is 3.05. The molecule has 0 spiro atoms. The van der Waals surface area contributed by atoms with Gasteiger partial charge < -0.3 is 28.8 Å². The van der Waals surface area contributed by atoms with Gasteiger partial charge in [-0.1, -0.05) is 6.07 Å². The number of anilines is 3. The van der Waals surface area contributed by atoms with E-state index in [0.29, 0.717) is 0 Å². The third kappa shape index (κ3) is 4.08. The Kier molecular flexibility index (Phi) is 5.66. The van der Waals surface area contributed by atoms with Gasteiger partial charge in [0.1, 0.15) is 0 Å². The highest BCUT2D eigenvalue weighted by atomic mass is 16.7. The van der Waals surface area contributed by atoms with Crippen LogP contribution in [0.2, 0.25) is 0 Å². The molecule has 2 aliphatic rings. The van der Waals surface area contributed by atoms with Crippen LogP contribution in [0.5, 0.6) is 0 Å². The van der Waals surface area contributed by atoms with Crippen LogP contribution in [0, 0.1) is 0 Å². The molecule has 2 aliphatic heterocycles. The summed E-state index contributed by atoms with van der Waals surface area (Å²) < 4.78 is 19.4. The number of hydrogen-bond acceptors (Lipinski definition) is 7. The van der Waals surface area contributed by atoms with Crippen molar-refractivity contribution in [2.75, 3.05) is 36.5 Å². The Hall–Kier alpha value is -2.88. The summed E-state index contributed by atoms with van der Waals surface area (Å²) in [5.41, 5.74) is 3.21. The number of aryl methyl sites for hydroxylation is 1. The van der Waals surface area contributed by atoms with E-state index in [4.69, 9.17) is 14.0 Å². The summed E-state index contributed by atoms with van der Waals surface area (Å²) in [6.07, 6.45) is 0. The van der Waals surface area contributed by atoms with Crippen molar-refractivity contribution >= 4 is 40.8 Å². The molecule has 0 aliphatic carbocycles. The predicted molar refractivity (Wildman–Crippen MR) is 135 cm³/mol. The van der Waals surface area contributed by atoms with E-state index in [1.807, 2.05) is 58.0 Å². The first-order chi connectivity index (χ1) is 16.1. The molecule has 2 fully saturated rings. The van der Waals surface area contributed by atoms with E-state index in [2.05, 4.69) is 27.3 Å². The van der Waals surface area contributed by atoms with E-state index in [9.17, 15) is 4.79 Å². The first-order valence-electron chi connectivity index (χ1n) is 11.7. The minimum Gasteiger partial charge on any atom is -0.399 e. The van der Waals surface area contributed by atoms with E-state index in [1.54, 1.807) is 11.6 Å². The predicted octanol–water partition coefficient (Wildman–Crippen LogP) is 2.81. The van der Waals surface area contributed by atoms with Gasteiger partial charge in [0.15, 0.2) is 5.82 Å². The number of morpholine rings is 1. The van der Waals surface area contributed by atoms with E-state index < -0.39 is 18.3 Å². The molecule has 3 aromatic rings. The number of aromatic nitrogens is 2. The van der Waals surface area contributed by atoms with Gasteiger partial charge in [0, 0.05) is 31.5 Å². The maximum atomic E-state index is 13.1. The second-order valence-electron chi connectivity index (χ2n) is 9.93. The molecule has 2 aromatic carbocycles. The second kappa shape index (κ2) is 8.41. The maximum Gasteiger partial charge on any atom is 0.494 e. The fourth-order valence-electron chi connectivity index (χ4n) is 4.26. The number of fused-ring (bicyclic) bond motifs is 1. The van der Waals surface area contributed by atoms with Gasteiger partial charge in [-0.15, -0.1) is 0 Å². The molecule has 9 heteroatoms. The zero-order valence-corrected chi connectivity index (χ0v) is 20.4. The van der Waals surface area contributed by atoms with Gasteiger partial charge in [-0.3, -0.25) is 4.79 Å². The van der Waals surface area contributed by atoms with Crippen molar-refractivity contribution in [1.29, 1.82) is 0 Å². The van der Waals surface area contributed by atoms with Crippen LogP contribution < -0.4 is 21.2 Å².